The van der Waals surface area contributed by atoms with E-state index >= 15 is 4.39 Å². The zero-order chi connectivity index (χ0) is 80.9. The molecule has 0 spiro atoms. The highest BCUT2D eigenvalue weighted by molar-refractivity contribution is 5.76. The van der Waals surface area contributed by atoms with E-state index in [1.165, 1.54) is 38.1 Å². The van der Waals surface area contributed by atoms with Gasteiger partial charge in [-0.15, -0.1) is 0 Å². The van der Waals surface area contributed by atoms with Crippen molar-refractivity contribution in [3.8, 4) is 0 Å². The van der Waals surface area contributed by atoms with Gasteiger partial charge in [0.15, 0.2) is 61.8 Å². The monoisotopic (exact) mass is 1540 g/mol. The number of hydrogen-bond acceptors (Lipinski definition) is 34. The van der Waals surface area contributed by atoms with E-state index in [9.17, 15) is 72.0 Å². The van der Waals surface area contributed by atoms with Crippen molar-refractivity contribution in [1.82, 2.24) is 38.2 Å². The SMILES string of the molecule is CC(C)C(=O)O[C@H]1[C@@H](F)[C@H](n2ccc(N)nc2=O)O[C@@]1(CO)N=[N+]=[N-].CC(C)C(N)C(=O)OC[C@@]1(N=[N+]=[N-])O[C@@H](n2ccc(N)nc2=O)[C@H](F)[C@@H]1O.CC(C)C(N)C(=O)O[C@H]1[C@@H](F)[C@H](n2ccc(N)nc2=O)O[C@@]1(CO)N=[N+]=[N-].CCCCCCCC(=O)OC[C@@]1(N=[N+]=[N-])O[C@@H](n2ccc(N)nc2=O)[C@H](F)[C@@H]1O. The first kappa shape index (κ1) is 87.8. The molecule has 46 nitrogen and oxygen atoms in total. The van der Waals surface area contributed by atoms with Crippen molar-refractivity contribution in [2.24, 2.45) is 49.7 Å². The van der Waals surface area contributed by atoms with Crippen LogP contribution in [-0.2, 0) is 57.1 Å². The molecule has 8 rings (SSSR count). The van der Waals surface area contributed by atoms with Crippen LogP contribution in [0.25, 0.3) is 41.8 Å². The first-order valence-electron chi connectivity index (χ1n) is 32.6. The Morgan fingerprint density at radius 1 is 0.509 bits per heavy atom. The zero-order valence-corrected chi connectivity index (χ0v) is 58.7. The summed E-state index contributed by atoms with van der Waals surface area (Å²) in [5.41, 5.74) is 55.3. The van der Waals surface area contributed by atoms with E-state index in [2.05, 4.69) is 67.0 Å². The molecule has 18 atom stereocenters. The number of azide groups is 4. The van der Waals surface area contributed by atoms with Gasteiger partial charge in [-0.2, -0.15) is 19.9 Å². The van der Waals surface area contributed by atoms with E-state index in [-0.39, 0.29) is 41.5 Å². The van der Waals surface area contributed by atoms with Crippen molar-refractivity contribution in [2.75, 3.05) is 49.4 Å². The maximum Gasteiger partial charge on any atom is 0.351 e. The molecule has 4 saturated heterocycles. The Bertz CT molecular complexity index is 4240. The van der Waals surface area contributed by atoms with E-state index in [1.54, 1.807) is 27.7 Å². The Morgan fingerprint density at radius 2 is 0.815 bits per heavy atom. The van der Waals surface area contributed by atoms with E-state index in [0.717, 1.165) is 68.7 Å². The molecule has 592 valence electrons. The highest BCUT2D eigenvalue weighted by atomic mass is 19.1. The molecular formula is C58H82F4N26O20. The molecule has 4 aromatic rings. The smallest absolute Gasteiger partial charge is 0.351 e. The summed E-state index contributed by atoms with van der Waals surface area (Å²) < 4.78 is 104. The lowest BCUT2D eigenvalue weighted by atomic mass is 10.0. The molecular weight excluding hydrogens is 1460 g/mol. The van der Waals surface area contributed by atoms with Gasteiger partial charge in [-0.3, -0.25) is 37.4 Å². The molecule has 4 fully saturated rings. The second-order valence-corrected chi connectivity index (χ2v) is 25.2. The molecule has 2 unspecified atom stereocenters. The molecule has 16 N–H and O–H groups in total. The van der Waals surface area contributed by atoms with Gasteiger partial charge >= 0.3 is 46.6 Å². The van der Waals surface area contributed by atoms with Crippen LogP contribution in [0.4, 0.5) is 40.8 Å². The summed E-state index contributed by atoms with van der Waals surface area (Å²) in [6.45, 7) is 8.31. The number of aliphatic hydroxyl groups is 4. The van der Waals surface area contributed by atoms with Gasteiger partial charge in [0.05, 0.1) is 19.1 Å². The van der Waals surface area contributed by atoms with Crippen molar-refractivity contribution in [1.29, 1.82) is 0 Å². The van der Waals surface area contributed by atoms with Gasteiger partial charge in [0, 0.05) is 50.9 Å². The number of ether oxygens (including phenoxy) is 8. The minimum absolute atomic E-state index is 0.0746. The number of carbonyl (C=O) groups excluding carboxylic acids is 4. The topological polar surface area (TPSA) is 714 Å². The third kappa shape index (κ3) is 20.6. The van der Waals surface area contributed by atoms with Crippen LogP contribution >= 0.6 is 0 Å². The Hall–Kier alpha value is -10.8. The number of hydrogen-bond donors (Lipinski definition) is 10. The van der Waals surface area contributed by atoms with Crippen LogP contribution in [0, 0.1) is 17.8 Å². The quantitative estimate of drug-likeness (QED) is 0.00767. The summed E-state index contributed by atoms with van der Waals surface area (Å²) in [5, 5.41) is 52.9. The molecule has 0 radical (unpaired) electrons. The number of anilines is 4. The number of nitrogen functional groups attached to an aromatic ring is 4. The van der Waals surface area contributed by atoms with E-state index in [0.29, 0.717) is 6.42 Å². The number of esters is 4. The van der Waals surface area contributed by atoms with Gasteiger partial charge in [0.1, 0.15) is 60.8 Å². The lowest BCUT2D eigenvalue weighted by Crippen LogP contribution is -2.49. The number of nitrogens with zero attached hydrogens (tertiary/aromatic N) is 20. The van der Waals surface area contributed by atoms with Crippen LogP contribution in [0.5, 0.6) is 0 Å². The number of halogens is 4. The third-order valence-electron chi connectivity index (χ3n) is 16.5. The van der Waals surface area contributed by atoms with Crippen LogP contribution in [0.3, 0.4) is 0 Å². The van der Waals surface area contributed by atoms with Gasteiger partial charge in [-0.05, 0) is 64.6 Å². The van der Waals surface area contributed by atoms with Crippen molar-refractivity contribution < 1.29 is 95.1 Å². The van der Waals surface area contributed by atoms with Crippen molar-refractivity contribution in [3.63, 3.8) is 0 Å². The minimum Gasteiger partial charge on any atom is -0.462 e. The number of aliphatic hydroxyl groups excluding tert-OH is 4. The lowest BCUT2D eigenvalue weighted by Gasteiger charge is -2.28. The number of rotatable bonds is 27. The van der Waals surface area contributed by atoms with Crippen LogP contribution in [0.2, 0.25) is 0 Å². The highest BCUT2D eigenvalue weighted by Gasteiger charge is 2.62. The van der Waals surface area contributed by atoms with Crippen molar-refractivity contribution in [3.05, 3.63) is 133 Å². The van der Waals surface area contributed by atoms with Crippen molar-refractivity contribution in [2.45, 2.75) is 196 Å². The Balaban J connectivity index is 0.000000258. The number of alkyl halides is 4. The fourth-order valence-electron chi connectivity index (χ4n) is 10.3. The van der Waals surface area contributed by atoms with Crippen LogP contribution in [-0.4, -0.2) is 193 Å². The molecule has 0 amide bonds. The summed E-state index contributed by atoms with van der Waals surface area (Å²) in [6, 6.07) is 2.86. The maximum atomic E-state index is 15.1. The summed E-state index contributed by atoms with van der Waals surface area (Å²) in [6.07, 6.45) is -13.5. The first-order valence-corrected chi connectivity index (χ1v) is 32.6. The van der Waals surface area contributed by atoms with Gasteiger partial charge in [-0.25, -0.2) is 36.7 Å². The Morgan fingerprint density at radius 3 is 1.13 bits per heavy atom. The third-order valence-corrected chi connectivity index (χ3v) is 16.5. The average molecular weight is 1540 g/mol. The molecule has 8 heterocycles. The number of aromatic nitrogens is 8. The first-order chi connectivity index (χ1) is 50.9. The maximum absolute atomic E-state index is 15.1. The second kappa shape index (κ2) is 38.6. The van der Waals surface area contributed by atoms with E-state index in [4.69, 9.17) is 94.4 Å². The molecule has 4 aliphatic rings. The average Bonchev–Trinajstić information content (AvgIpc) is 1.63. The molecule has 0 saturated carbocycles. The summed E-state index contributed by atoms with van der Waals surface area (Å²) >= 11 is 0. The minimum atomic E-state index is -2.29. The van der Waals surface area contributed by atoms with Crippen LogP contribution in [0.1, 0.15) is 112 Å². The number of unbranched alkanes of at least 4 members (excludes halogenated alkanes) is 4. The second-order valence-electron chi connectivity index (χ2n) is 25.2. The molecule has 4 aliphatic heterocycles. The molecule has 0 aromatic carbocycles. The molecule has 0 aliphatic carbocycles. The molecule has 108 heavy (non-hydrogen) atoms. The molecule has 0 bridgehead atoms. The lowest BCUT2D eigenvalue weighted by molar-refractivity contribution is -0.171. The van der Waals surface area contributed by atoms with Gasteiger partial charge < -0.3 is 92.7 Å². The summed E-state index contributed by atoms with van der Waals surface area (Å²) in [7, 11) is 0. The van der Waals surface area contributed by atoms with Gasteiger partial charge in [0.2, 0.25) is 22.9 Å². The Kier molecular flexibility index (Phi) is 31.4. The fraction of sp³-hybridized carbons (Fsp3) is 0.655. The van der Waals surface area contributed by atoms with Gasteiger partial charge in [0.25, 0.3) is 0 Å². The molecule has 50 heteroatoms. The zero-order valence-electron chi connectivity index (χ0n) is 58.7. The number of carbonyl (C=O) groups is 4. The number of nitrogens with two attached hydrogens (primary N) is 6. The predicted molar refractivity (Wildman–Crippen MR) is 361 cm³/mol. The summed E-state index contributed by atoms with van der Waals surface area (Å²) in [4.78, 5) is 120. The largest absolute Gasteiger partial charge is 0.462 e. The standard InChI is InChI=1S/C17H25FN6O5.2C14H20FN7O5.C13H17FN6O5/c1-2-3-4-5-6-7-12(25)28-10-17(22-23-20)14(26)13(18)15(29-17)24-9-8-11(19)21-16(24)27;1-6(2)9(17)12(24)26-5-14(20-21-18)10(23)8(15)11(27-14)22-4-3-7(16)19-13(22)25;1-6(2)9(17)12(24)26-10-8(15)11(27-14(10,5-23)20-21-18)22-4-3-7(16)19-13(22)25;1-6(2)11(22)24-9-8(14)10(25-13(9,5-21)18-19-16)20-4-3-7(15)17-12(20)23/h8-9,13-15,26H,2-7,10H2,1H3,(H2,19,21,27);2*3-4,6,8-11,23H,5,17H2,1-2H3,(H2,16,19,25);3-4,6,8-10,21H,5H2,1-2H3,(H2,15,17,23)/t13-,14+,15-,17-;2*8-,9?,10+,11-,14-;8-,9+,10-,13-/m1111/s1. The Labute approximate surface area is 606 Å². The molecule has 4 aromatic heterocycles. The summed E-state index contributed by atoms with van der Waals surface area (Å²) in [5.74, 6) is -4.72. The van der Waals surface area contributed by atoms with Crippen LogP contribution in [0.15, 0.2) is 88.7 Å². The van der Waals surface area contributed by atoms with E-state index < -0.39 is 188 Å². The normalized spacial score (nSPS) is 27.9. The fourth-order valence-corrected chi connectivity index (χ4v) is 10.3. The van der Waals surface area contributed by atoms with Crippen LogP contribution < -0.4 is 57.2 Å². The predicted octanol–water partition coefficient (Wildman–Crippen LogP) is 1.40. The highest BCUT2D eigenvalue weighted by Crippen LogP contribution is 2.45. The van der Waals surface area contributed by atoms with E-state index in [1.807, 2.05) is 0 Å². The van der Waals surface area contributed by atoms with Crippen molar-refractivity contribution >= 4 is 47.1 Å². The van der Waals surface area contributed by atoms with Gasteiger partial charge in [-0.1, -0.05) is 94.6 Å².